The first kappa shape index (κ1) is 19.3. The second-order valence-corrected chi connectivity index (χ2v) is 6.54. The van der Waals surface area contributed by atoms with E-state index in [1.807, 2.05) is 0 Å². The monoisotopic (exact) mass is 406 g/mol. The minimum absolute atomic E-state index is 0.0000850. The molecule has 0 aliphatic carbocycles. The van der Waals surface area contributed by atoms with Crippen molar-refractivity contribution in [1.29, 1.82) is 0 Å². The SMILES string of the molecule is COc1ccc(C2=C(Nc3cccc(F)c3)C(=O)N(c3ccc(F)cc3)C2=O)cc1. The van der Waals surface area contributed by atoms with Gasteiger partial charge >= 0.3 is 0 Å². The van der Waals surface area contributed by atoms with Crippen LogP contribution in [0.5, 0.6) is 5.75 Å². The third-order valence-electron chi connectivity index (χ3n) is 4.64. The Morgan fingerprint density at radius 1 is 0.833 bits per heavy atom. The number of benzene rings is 3. The van der Waals surface area contributed by atoms with E-state index in [2.05, 4.69) is 5.32 Å². The van der Waals surface area contributed by atoms with Crippen LogP contribution in [0.2, 0.25) is 0 Å². The lowest BCUT2D eigenvalue weighted by Gasteiger charge is -2.15. The molecule has 0 fully saturated rings. The fourth-order valence-corrected chi connectivity index (χ4v) is 3.21. The summed E-state index contributed by atoms with van der Waals surface area (Å²) in [6, 6.07) is 17.2. The zero-order chi connectivity index (χ0) is 21.3. The molecular formula is C23H16F2N2O3. The molecular weight excluding hydrogens is 390 g/mol. The predicted octanol–water partition coefficient (Wildman–Crippen LogP) is 4.37. The number of anilines is 2. The molecule has 0 bridgehead atoms. The zero-order valence-electron chi connectivity index (χ0n) is 15.9. The maximum absolute atomic E-state index is 13.6. The van der Waals surface area contributed by atoms with Gasteiger partial charge in [0.1, 0.15) is 23.1 Å². The van der Waals surface area contributed by atoms with E-state index < -0.39 is 23.4 Å². The van der Waals surface area contributed by atoms with Crippen LogP contribution < -0.4 is 15.0 Å². The normalized spacial score (nSPS) is 13.8. The van der Waals surface area contributed by atoms with Crippen LogP contribution in [0.1, 0.15) is 5.56 Å². The second-order valence-electron chi connectivity index (χ2n) is 6.54. The molecule has 0 aromatic heterocycles. The molecule has 0 radical (unpaired) electrons. The van der Waals surface area contributed by atoms with Crippen molar-refractivity contribution < 1.29 is 23.1 Å². The highest BCUT2D eigenvalue weighted by Gasteiger charge is 2.40. The number of hydrogen-bond acceptors (Lipinski definition) is 4. The highest BCUT2D eigenvalue weighted by atomic mass is 19.1. The van der Waals surface area contributed by atoms with E-state index in [0.717, 1.165) is 4.90 Å². The Bertz CT molecular complexity index is 1160. The summed E-state index contributed by atoms with van der Waals surface area (Å²) >= 11 is 0. The molecule has 0 atom stereocenters. The van der Waals surface area contributed by atoms with Crippen molar-refractivity contribution in [2.75, 3.05) is 17.3 Å². The van der Waals surface area contributed by atoms with E-state index in [0.29, 0.717) is 17.0 Å². The maximum Gasteiger partial charge on any atom is 0.282 e. The number of carbonyl (C=O) groups excluding carboxylic acids is 2. The van der Waals surface area contributed by atoms with Crippen LogP contribution in [0, 0.1) is 11.6 Å². The van der Waals surface area contributed by atoms with Crippen molar-refractivity contribution in [3.8, 4) is 5.75 Å². The minimum atomic E-state index is -0.623. The zero-order valence-corrected chi connectivity index (χ0v) is 15.9. The van der Waals surface area contributed by atoms with E-state index in [1.54, 1.807) is 30.3 Å². The standard InChI is InChI=1S/C23H16F2N2O3/c1-30-19-11-5-14(6-12-19)20-21(26-17-4-2-3-16(25)13-17)23(29)27(22(20)28)18-9-7-15(24)8-10-18/h2-13,26H,1H3. The lowest BCUT2D eigenvalue weighted by molar-refractivity contribution is -0.120. The number of amides is 2. The first-order valence-electron chi connectivity index (χ1n) is 9.03. The Hall–Kier alpha value is -4.00. The summed E-state index contributed by atoms with van der Waals surface area (Å²) < 4.78 is 32.1. The van der Waals surface area contributed by atoms with Gasteiger partial charge in [-0.1, -0.05) is 18.2 Å². The summed E-state index contributed by atoms with van der Waals surface area (Å²) in [5.41, 5.74) is 1.15. The van der Waals surface area contributed by atoms with Crippen molar-refractivity contribution in [1.82, 2.24) is 0 Å². The molecule has 150 valence electrons. The Morgan fingerprint density at radius 2 is 1.53 bits per heavy atom. The Balaban J connectivity index is 1.81. The van der Waals surface area contributed by atoms with Crippen molar-refractivity contribution >= 4 is 28.8 Å². The minimum Gasteiger partial charge on any atom is -0.497 e. The van der Waals surface area contributed by atoms with Crippen LogP contribution in [-0.2, 0) is 9.59 Å². The number of nitrogens with one attached hydrogen (secondary N) is 1. The number of carbonyl (C=O) groups is 2. The molecule has 30 heavy (non-hydrogen) atoms. The summed E-state index contributed by atoms with van der Waals surface area (Å²) in [6.07, 6.45) is 0. The third kappa shape index (κ3) is 3.53. The summed E-state index contributed by atoms with van der Waals surface area (Å²) in [5, 5.41) is 2.87. The Morgan fingerprint density at radius 3 is 2.17 bits per heavy atom. The predicted molar refractivity (Wildman–Crippen MR) is 109 cm³/mol. The number of ether oxygens (including phenoxy) is 1. The first-order chi connectivity index (χ1) is 14.5. The van der Waals surface area contributed by atoms with Crippen molar-refractivity contribution in [2.24, 2.45) is 0 Å². The molecule has 0 unspecified atom stereocenters. The largest absolute Gasteiger partial charge is 0.497 e. The van der Waals surface area contributed by atoms with Gasteiger partial charge in [-0.25, -0.2) is 13.7 Å². The smallest absolute Gasteiger partial charge is 0.282 e. The van der Waals surface area contributed by atoms with Crippen molar-refractivity contribution in [3.05, 3.63) is 95.7 Å². The fourth-order valence-electron chi connectivity index (χ4n) is 3.21. The Kier molecular flexibility index (Phi) is 5.02. The molecule has 4 rings (SSSR count). The molecule has 0 saturated heterocycles. The van der Waals surface area contributed by atoms with Crippen LogP contribution in [0.4, 0.5) is 20.2 Å². The molecule has 3 aromatic rings. The van der Waals surface area contributed by atoms with Crippen LogP contribution in [-0.4, -0.2) is 18.9 Å². The molecule has 1 aliphatic rings. The Labute approximate surface area is 171 Å². The van der Waals surface area contributed by atoms with Gasteiger partial charge in [0.05, 0.1) is 18.4 Å². The highest BCUT2D eigenvalue weighted by molar-refractivity contribution is 6.46. The average molecular weight is 406 g/mol. The topological polar surface area (TPSA) is 58.6 Å². The molecule has 1 aliphatic heterocycles. The lowest BCUT2D eigenvalue weighted by atomic mass is 10.0. The van der Waals surface area contributed by atoms with Gasteiger partial charge in [-0.2, -0.15) is 0 Å². The molecule has 7 heteroatoms. The van der Waals surface area contributed by atoms with Crippen LogP contribution in [0.3, 0.4) is 0 Å². The van der Waals surface area contributed by atoms with Gasteiger partial charge < -0.3 is 10.1 Å². The number of hydrogen-bond donors (Lipinski definition) is 1. The molecule has 1 heterocycles. The van der Waals surface area contributed by atoms with Gasteiger partial charge in [0, 0.05) is 5.69 Å². The van der Waals surface area contributed by atoms with E-state index >= 15 is 0 Å². The molecule has 2 amide bonds. The number of methoxy groups -OCH3 is 1. The molecule has 0 saturated carbocycles. The lowest BCUT2D eigenvalue weighted by Crippen LogP contribution is -2.32. The van der Waals surface area contributed by atoms with Gasteiger partial charge in [-0.05, 0) is 60.2 Å². The number of halogens is 2. The third-order valence-corrected chi connectivity index (χ3v) is 4.64. The average Bonchev–Trinajstić information content (AvgIpc) is 2.98. The van der Waals surface area contributed by atoms with Gasteiger partial charge in [0.2, 0.25) is 0 Å². The number of rotatable bonds is 5. The van der Waals surface area contributed by atoms with E-state index in [1.165, 1.54) is 49.6 Å². The molecule has 3 aromatic carbocycles. The number of imide groups is 1. The van der Waals surface area contributed by atoms with Crippen LogP contribution in [0.25, 0.3) is 5.57 Å². The molecule has 0 spiro atoms. The second kappa shape index (κ2) is 7.79. The summed E-state index contributed by atoms with van der Waals surface area (Å²) in [6.45, 7) is 0. The quantitative estimate of drug-likeness (QED) is 0.640. The summed E-state index contributed by atoms with van der Waals surface area (Å²) in [7, 11) is 1.52. The van der Waals surface area contributed by atoms with Gasteiger partial charge in [0.15, 0.2) is 0 Å². The van der Waals surface area contributed by atoms with Crippen LogP contribution >= 0.6 is 0 Å². The van der Waals surface area contributed by atoms with E-state index in [4.69, 9.17) is 4.74 Å². The first-order valence-corrected chi connectivity index (χ1v) is 9.03. The van der Waals surface area contributed by atoms with E-state index in [-0.39, 0.29) is 17.0 Å². The summed E-state index contributed by atoms with van der Waals surface area (Å²) in [4.78, 5) is 27.4. The van der Waals surface area contributed by atoms with E-state index in [9.17, 15) is 18.4 Å². The van der Waals surface area contributed by atoms with Gasteiger partial charge in [-0.3, -0.25) is 9.59 Å². The van der Waals surface area contributed by atoms with Crippen molar-refractivity contribution in [2.45, 2.75) is 0 Å². The highest BCUT2D eigenvalue weighted by Crippen LogP contribution is 2.34. The summed E-state index contributed by atoms with van der Waals surface area (Å²) in [5.74, 6) is -1.58. The number of nitrogens with zero attached hydrogens (tertiary/aromatic N) is 1. The molecule has 5 nitrogen and oxygen atoms in total. The van der Waals surface area contributed by atoms with Crippen molar-refractivity contribution in [3.63, 3.8) is 0 Å². The van der Waals surface area contributed by atoms with Gasteiger partial charge in [0.25, 0.3) is 11.8 Å². The fraction of sp³-hybridized carbons (Fsp3) is 0.0435. The van der Waals surface area contributed by atoms with Gasteiger partial charge in [-0.15, -0.1) is 0 Å². The maximum atomic E-state index is 13.6. The van der Waals surface area contributed by atoms with Crippen LogP contribution in [0.15, 0.2) is 78.5 Å². The molecule has 1 N–H and O–H groups in total.